The summed E-state index contributed by atoms with van der Waals surface area (Å²) in [4.78, 5) is 4.55. The van der Waals surface area contributed by atoms with Crippen LogP contribution in [0.5, 0.6) is 0 Å². The summed E-state index contributed by atoms with van der Waals surface area (Å²) < 4.78 is 2.37. The summed E-state index contributed by atoms with van der Waals surface area (Å²) in [5.74, 6) is 0. The second kappa shape index (κ2) is 4.38. The number of halogens is 1. The van der Waals surface area contributed by atoms with E-state index >= 15 is 0 Å². The van der Waals surface area contributed by atoms with Crippen LogP contribution in [0, 0.1) is 0 Å². The molecule has 0 spiro atoms. The quantitative estimate of drug-likeness (QED) is 0.928. The smallest absolute Gasteiger partial charge is 0.0951 e. The fraction of sp³-hybridized carbons (Fsp3) is 0.300. The van der Waals surface area contributed by atoms with Gasteiger partial charge in [-0.05, 0) is 25.2 Å². The minimum atomic E-state index is 0.987. The van der Waals surface area contributed by atoms with Crippen molar-refractivity contribution in [2.45, 2.75) is 6.42 Å². The first-order valence-electron chi connectivity index (χ1n) is 4.49. The van der Waals surface area contributed by atoms with Crippen LogP contribution in [0.25, 0.3) is 10.2 Å². The van der Waals surface area contributed by atoms with Gasteiger partial charge < -0.3 is 5.32 Å². The first-order valence-corrected chi connectivity index (χ1v) is 6.10. The Labute approximate surface area is 95.5 Å². The Kier molecular flexibility index (Phi) is 3.15. The number of thiazole rings is 1. The molecule has 2 rings (SSSR count). The van der Waals surface area contributed by atoms with Gasteiger partial charge in [-0.3, -0.25) is 0 Å². The summed E-state index contributed by atoms with van der Waals surface area (Å²) in [6.45, 7) is 0.987. The molecule has 2 aromatic rings. The summed E-state index contributed by atoms with van der Waals surface area (Å²) in [5.41, 5.74) is 1.10. The van der Waals surface area contributed by atoms with Gasteiger partial charge in [-0.25, -0.2) is 4.98 Å². The van der Waals surface area contributed by atoms with Crippen LogP contribution in [-0.2, 0) is 6.42 Å². The van der Waals surface area contributed by atoms with Crippen LogP contribution in [0.1, 0.15) is 5.01 Å². The summed E-state index contributed by atoms with van der Waals surface area (Å²) in [6, 6.07) is 6.21. The highest BCUT2D eigenvalue weighted by Gasteiger charge is 2.03. The Hall–Kier alpha value is -0.450. The number of nitrogens with zero attached hydrogens (tertiary/aromatic N) is 1. The zero-order chi connectivity index (χ0) is 9.97. The molecule has 0 bridgehead atoms. The molecule has 1 N–H and O–H groups in total. The SMILES string of the molecule is CNCCc1nc2ccc(Br)cc2s1. The zero-order valence-corrected chi connectivity index (χ0v) is 10.3. The minimum absolute atomic E-state index is 0.987. The third kappa shape index (κ3) is 2.13. The molecule has 14 heavy (non-hydrogen) atoms. The van der Waals surface area contributed by atoms with Gasteiger partial charge in [-0.15, -0.1) is 11.3 Å². The van der Waals surface area contributed by atoms with Gasteiger partial charge in [0.1, 0.15) is 0 Å². The van der Waals surface area contributed by atoms with Crippen molar-refractivity contribution in [3.8, 4) is 0 Å². The lowest BCUT2D eigenvalue weighted by Gasteiger charge is -1.92. The van der Waals surface area contributed by atoms with E-state index in [1.807, 2.05) is 13.1 Å². The molecule has 0 aliphatic carbocycles. The predicted octanol–water partition coefficient (Wildman–Crippen LogP) is 2.82. The maximum atomic E-state index is 4.55. The van der Waals surface area contributed by atoms with Gasteiger partial charge in [-0.1, -0.05) is 15.9 Å². The molecule has 0 saturated carbocycles. The van der Waals surface area contributed by atoms with Gasteiger partial charge in [-0.2, -0.15) is 0 Å². The summed E-state index contributed by atoms with van der Waals surface area (Å²) in [5, 5.41) is 4.33. The number of fused-ring (bicyclic) bond motifs is 1. The van der Waals surface area contributed by atoms with Crippen molar-refractivity contribution < 1.29 is 0 Å². The Morgan fingerprint density at radius 1 is 1.50 bits per heavy atom. The molecule has 4 heteroatoms. The van der Waals surface area contributed by atoms with Crippen molar-refractivity contribution in [3.05, 3.63) is 27.7 Å². The first-order chi connectivity index (χ1) is 6.79. The zero-order valence-electron chi connectivity index (χ0n) is 7.88. The fourth-order valence-electron chi connectivity index (χ4n) is 1.29. The van der Waals surface area contributed by atoms with Crippen molar-refractivity contribution in [2.75, 3.05) is 13.6 Å². The molecule has 0 radical (unpaired) electrons. The van der Waals surface area contributed by atoms with Gasteiger partial charge in [0.25, 0.3) is 0 Å². The van der Waals surface area contributed by atoms with Crippen LogP contribution in [-0.4, -0.2) is 18.6 Å². The van der Waals surface area contributed by atoms with Crippen LogP contribution in [0.4, 0.5) is 0 Å². The molecule has 0 aliphatic heterocycles. The number of benzene rings is 1. The average Bonchev–Trinajstić information content (AvgIpc) is 2.56. The number of rotatable bonds is 3. The number of hydrogen-bond acceptors (Lipinski definition) is 3. The number of nitrogens with one attached hydrogen (secondary N) is 1. The Morgan fingerprint density at radius 3 is 3.14 bits per heavy atom. The van der Waals surface area contributed by atoms with Crippen molar-refractivity contribution in [1.82, 2.24) is 10.3 Å². The Bertz CT molecular complexity index is 439. The molecule has 0 unspecified atom stereocenters. The second-order valence-corrected chi connectivity index (χ2v) is 5.10. The maximum Gasteiger partial charge on any atom is 0.0951 e. The summed E-state index contributed by atoms with van der Waals surface area (Å²) in [6.07, 6.45) is 1.01. The molecule has 1 aromatic heterocycles. The highest BCUT2D eigenvalue weighted by atomic mass is 79.9. The molecule has 0 aliphatic rings. The number of likely N-dealkylation sites (N-methyl/N-ethyl adjacent to an activating group) is 1. The topological polar surface area (TPSA) is 24.9 Å². The van der Waals surface area contributed by atoms with Gasteiger partial charge >= 0.3 is 0 Å². The first kappa shape index (κ1) is 10.1. The second-order valence-electron chi connectivity index (χ2n) is 3.07. The van der Waals surface area contributed by atoms with Crippen molar-refractivity contribution in [1.29, 1.82) is 0 Å². The molecular weight excluding hydrogens is 260 g/mol. The number of hydrogen-bond donors (Lipinski definition) is 1. The molecule has 1 aromatic carbocycles. The van der Waals surface area contributed by atoms with E-state index in [9.17, 15) is 0 Å². The molecule has 1 heterocycles. The van der Waals surface area contributed by atoms with Crippen molar-refractivity contribution in [3.63, 3.8) is 0 Å². The highest BCUT2D eigenvalue weighted by Crippen LogP contribution is 2.25. The van der Waals surface area contributed by atoms with E-state index in [1.54, 1.807) is 11.3 Å². The van der Waals surface area contributed by atoms with E-state index in [1.165, 1.54) is 9.71 Å². The van der Waals surface area contributed by atoms with Crippen molar-refractivity contribution >= 4 is 37.5 Å². The van der Waals surface area contributed by atoms with E-state index in [0.29, 0.717) is 0 Å². The third-order valence-electron chi connectivity index (χ3n) is 1.98. The molecule has 0 amide bonds. The Morgan fingerprint density at radius 2 is 2.36 bits per heavy atom. The van der Waals surface area contributed by atoms with Gasteiger partial charge in [0.2, 0.25) is 0 Å². The molecular formula is C10H11BrN2S. The lowest BCUT2D eigenvalue weighted by Crippen LogP contribution is -2.09. The van der Waals surface area contributed by atoms with E-state index < -0.39 is 0 Å². The van der Waals surface area contributed by atoms with E-state index in [0.717, 1.165) is 23.0 Å². The molecule has 2 nitrogen and oxygen atoms in total. The Balaban J connectivity index is 2.32. The molecule has 74 valence electrons. The van der Waals surface area contributed by atoms with Crippen LogP contribution in [0.15, 0.2) is 22.7 Å². The van der Waals surface area contributed by atoms with E-state index in [4.69, 9.17) is 0 Å². The van der Waals surface area contributed by atoms with Gasteiger partial charge in [0.15, 0.2) is 0 Å². The van der Waals surface area contributed by atoms with Gasteiger partial charge in [0, 0.05) is 17.4 Å². The normalized spacial score (nSPS) is 11.0. The predicted molar refractivity (Wildman–Crippen MR) is 65.0 cm³/mol. The average molecular weight is 271 g/mol. The van der Waals surface area contributed by atoms with Crippen LogP contribution in [0.2, 0.25) is 0 Å². The lowest BCUT2D eigenvalue weighted by molar-refractivity contribution is 0.789. The van der Waals surface area contributed by atoms with Crippen LogP contribution < -0.4 is 5.32 Å². The third-order valence-corrected chi connectivity index (χ3v) is 3.55. The number of aromatic nitrogens is 1. The molecule has 0 saturated heterocycles. The fourth-order valence-corrected chi connectivity index (χ4v) is 2.80. The lowest BCUT2D eigenvalue weighted by atomic mass is 10.3. The highest BCUT2D eigenvalue weighted by molar-refractivity contribution is 9.10. The van der Waals surface area contributed by atoms with Crippen LogP contribution in [0.3, 0.4) is 0 Å². The minimum Gasteiger partial charge on any atom is -0.319 e. The summed E-state index contributed by atoms with van der Waals surface area (Å²) in [7, 11) is 1.96. The summed E-state index contributed by atoms with van der Waals surface area (Å²) >= 11 is 5.23. The molecule has 0 fully saturated rings. The largest absolute Gasteiger partial charge is 0.319 e. The van der Waals surface area contributed by atoms with E-state index in [-0.39, 0.29) is 0 Å². The monoisotopic (exact) mass is 270 g/mol. The van der Waals surface area contributed by atoms with E-state index in [2.05, 4.69) is 38.4 Å². The molecule has 0 atom stereocenters. The van der Waals surface area contributed by atoms with Gasteiger partial charge in [0.05, 0.1) is 15.2 Å². The standard InChI is InChI=1S/C10H11BrN2S/c1-12-5-4-10-13-8-3-2-7(11)6-9(8)14-10/h2-3,6,12H,4-5H2,1H3. The maximum absolute atomic E-state index is 4.55. The van der Waals surface area contributed by atoms with Crippen molar-refractivity contribution in [2.24, 2.45) is 0 Å². The van der Waals surface area contributed by atoms with Crippen LogP contribution >= 0.6 is 27.3 Å².